The topological polar surface area (TPSA) is 54.9 Å². The third-order valence-corrected chi connectivity index (χ3v) is 3.15. The van der Waals surface area contributed by atoms with E-state index in [1.807, 2.05) is 6.07 Å². The SMILES string of the molecule is Cn1c(=O)[nH]c(Cl)c(-c2cccc(Br)c2)c1=O. The second-order valence-corrected chi connectivity index (χ2v) is 4.79. The molecule has 1 N–H and O–H groups in total. The van der Waals surface area contributed by atoms with E-state index in [1.165, 1.54) is 7.05 Å². The molecule has 0 unspecified atom stereocenters. The van der Waals surface area contributed by atoms with Gasteiger partial charge < -0.3 is 0 Å². The van der Waals surface area contributed by atoms with Gasteiger partial charge in [-0.3, -0.25) is 14.3 Å². The minimum Gasteiger partial charge on any atom is -0.297 e. The molecule has 0 atom stereocenters. The molecular formula is C11H8BrClN2O2. The number of aromatic nitrogens is 2. The number of aromatic amines is 1. The molecule has 17 heavy (non-hydrogen) atoms. The molecule has 1 aromatic carbocycles. The Kier molecular flexibility index (Phi) is 3.22. The van der Waals surface area contributed by atoms with Crippen LogP contribution in [0.15, 0.2) is 38.3 Å². The number of rotatable bonds is 1. The van der Waals surface area contributed by atoms with Gasteiger partial charge in [0, 0.05) is 11.5 Å². The summed E-state index contributed by atoms with van der Waals surface area (Å²) >= 11 is 9.23. The van der Waals surface area contributed by atoms with Crippen LogP contribution < -0.4 is 11.2 Å². The van der Waals surface area contributed by atoms with E-state index in [-0.39, 0.29) is 10.7 Å². The summed E-state index contributed by atoms with van der Waals surface area (Å²) in [5.41, 5.74) is -0.00751. The molecule has 2 rings (SSSR count). The first-order valence-electron chi connectivity index (χ1n) is 4.75. The molecule has 0 aliphatic heterocycles. The zero-order valence-corrected chi connectivity index (χ0v) is 11.2. The van der Waals surface area contributed by atoms with Crippen LogP contribution in [0.4, 0.5) is 0 Å². The van der Waals surface area contributed by atoms with Crippen molar-refractivity contribution in [1.29, 1.82) is 0 Å². The van der Waals surface area contributed by atoms with Gasteiger partial charge in [0.1, 0.15) is 5.15 Å². The van der Waals surface area contributed by atoms with Crippen LogP contribution in [0.1, 0.15) is 0 Å². The van der Waals surface area contributed by atoms with Crippen molar-refractivity contribution in [2.75, 3.05) is 0 Å². The smallest absolute Gasteiger partial charge is 0.297 e. The summed E-state index contributed by atoms with van der Waals surface area (Å²) in [6, 6.07) is 7.15. The first-order chi connectivity index (χ1) is 8.00. The van der Waals surface area contributed by atoms with Crippen molar-refractivity contribution in [1.82, 2.24) is 9.55 Å². The Balaban J connectivity index is 2.81. The van der Waals surface area contributed by atoms with Crippen LogP contribution in [0.3, 0.4) is 0 Å². The van der Waals surface area contributed by atoms with Crippen molar-refractivity contribution in [3.05, 3.63) is 54.7 Å². The maximum absolute atomic E-state index is 12.0. The predicted octanol–water partition coefficient (Wildman–Crippen LogP) is 2.16. The van der Waals surface area contributed by atoms with Crippen LogP contribution >= 0.6 is 27.5 Å². The van der Waals surface area contributed by atoms with Gasteiger partial charge in [0.05, 0.1) is 5.56 Å². The van der Waals surface area contributed by atoms with E-state index in [4.69, 9.17) is 11.6 Å². The van der Waals surface area contributed by atoms with Crippen LogP contribution in [0.25, 0.3) is 11.1 Å². The number of benzene rings is 1. The second kappa shape index (κ2) is 4.50. The normalized spacial score (nSPS) is 10.5. The largest absolute Gasteiger partial charge is 0.329 e. The molecule has 6 heteroatoms. The van der Waals surface area contributed by atoms with E-state index in [0.29, 0.717) is 5.56 Å². The Bertz CT molecular complexity index is 691. The summed E-state index contributed by atoms with van der Waals surface area (Å²) in [5.74, 6) is 0. The maximum Gasteiger partial charge on any atom is 0.329 e. The van der Waals surface area contributed by atoms with E-state index >= 15 is 0 Å². The van der Waals surface area contributed by atoms with Crippen molar-refractivity contribution >= 4 is 27.5 Å². The minimum absolute atomic E-state index is 0.0520. The highest BCUT2D eigenvalue weighted by Crippen LogP contribution is 2.24. The van der Waals surface area contributed by atoms with Gasteiger partial charge in [-0.1, -0.05) is 39.7 Å². The van der Waals surface area contributed by atoms with Gasteiger partial charge in [0.25, 0.3) is 5.56 Å². The molecule has 0 spiro atoms. The quantitative estimate of drug-likeness (QED) is 0.820. The molecule has 1 aromatic heterocycles. The van der Waals surface area contributed by atoms with Crippen LogP contribution in [0.5, 0.6) is 0 Å². The minimum atomic E-state index is -0.529. The van der Waals surface area contributed by atoms with Crippen molar-refractivity contribution in [2.24, 2.45) is 7.05 Å². The van der Waals surface area contributed by atoms with Crippen molar-refractivity contribution in [3.8, 4) is 11.1 Å². The average molecular weight is 316 g/mol. The van der Waals surface area contributed by atoms with Crippen LogP contribution in [-0.2, 0) is 7.05 Å². The predicted molar refractivity (Wildman–Crippen MR) is 70.4 cm³/mol. The fourth-order valence-corrected chi connectivity index (χ4v) is 2.16. The summed E-state index contributed by atoms with van der Waals surface area (Å²) in [6.45, 7) is 0. The Morgan fingerprint density at radius 2 is 2.06 bits per heavy atom. The third kappa shape index (κ3) is 2.21. The Hall–Kier alpha value is -1.33. The molecule has 1 heterocycles. The molecule has 0 fully saturated rings. The van der Waals surface area contributed by atoms with Gasteiger partial charge in [-0.15, -0.1) is 0 Å². The third-order valence-electron chi connectivity index (χ3n) is 2.37. The van der Waals surface area contributed by atoms with Crippen molar-refractivity contribution < 1.29 is 0 Å². The second-order valence-electron chi connectivity index (χ2n) is 3.49. The molecule has 4 nitrogen and oxygen atoms in total. The fraction of sp³-hybridized carbons (Fsp3) is 0.0909. The highest BCUT2D eigenvalue weighted by atomic mass is 79.9. The van der Waals surface area contributed by atoms with Gasteiger partial charge in [0.2, 0.25) is 0 Å². The molecule has 0 aliphatic carbocycles. The Morgan fingerprint density at radius 3 is 2.71 bits per heavy atom. The monoisotopic (exact) mass is 314 g/mol. The zero-order chi connectivity index (χ0) is 12.6. The lowest BCUT2D eigenvalue weighted by molar-refractivity contribution is 0.779. The number of nitrogens with one attached hydrogen (secondary N) is 1. The lowest BCUT2D eigenvalue weighted by atomic mass is 10.1. The summed E-state index contributed by atoms with van der Waals surface area (Å²) in [4.78, 5) is 25.7. The molecule has 0 saturated heterocycles. The fourth-order valence-electron chi connectivity index (χ4n) is 1.49. The van der Waals surface area contributed by atoms with Crippen molar-refractivity contribution in [2.45, 2.75) is 0 Å². The number of H-pyrrole nitrogens is 1. The maximum atomic E-state index is 12.0. The first-order valence-corrected chi connectivity index (χ1v) is 5.92. The van der Waals surface area contributed by atoms with Gasteiger partial charge in [-0.25, -0.2) is 4.79 Å². The van der Waals surface area contributed by atoms with Crippen LogP contribution in [0.2, 0.25) is 5.15 Å². The summed E-state index contributed by atoms with van der Waals surface area (Å²) in [5, 5.41) is 0.0520. The van der Waals surface area contributed by atoms with Gasteiger partial charge in [-0.05, 0) is 17.7 Å². The van der Waals surface area contributed by atoms with Crippen LogP contribution in [-0.4, -0.2) is 9.55 Å². The molecule has 2 aromatic rings. The molecule has 0 radical (unpaired) electrons. The summed E-state index contributed by atoms with van der Waals surface area (Å²) in [6.07, 6.45) is 0. The van der Waals surface area contributed by atoms with Gasteiger partial charge in [-0.2, -0.15) is 0 Å². The molecule has 88 valence electrons. The molecule has 0 saturated carbocycles. The lowest BCUT2D eigenvalue weighted by Crippen LogP contribution is -2.33. The molecule has 0 bridgehead atoms. The summed E-state index contributed by atoms with van der Waals surface area (Å²) < 4.78 is 1.82. The molecule has 0 amide bonds. The molecule has 0 aliphatic rings. The number of halogens is 2. The van der Waals surface area contributed by atoms with Crippen molar-refractivity contribution in [3.63, 3.8) is 0 Å². The number of hydrogen-bond donors (Lipinski definition) is 1. The Labute approximate surface area is 110 Å². The lowest BCUT2D eigenvalue weighted by Gasteiger charge is -2.05. The van der Waals surface area contributed by atoms with E-state index in [1.54, 1.807) is 18.2 Å². The number of hydrogen-bond acceptors (Lipinski definition) is 2. The van der Waals surface area contributed by atoms with Gasteiger partial charge in [0.15, 0.2) is 0 Å². The van der Waals surface area contributed by atoms with E-state index in [9.17, 15) is 9.59 Å². The first kappa shape index (κ1) is 12.1. The van der Waals surface area contributed by atoms with E-state index in [2.05, 4.69) is 20.9 Å². The van der Waals surface area contributed by atoms with E-state index in [0.717, 1.165) is 9.04 Å². The van der Waals surface area contributed by atoms with E-state index < -0.39 is 11.2 Å². The molecular weight excluding hydrogens is 307 g/mol. The average Bonchev–Trinajstić information content (AvgIpc) is 2.26. The standard InChI is InChI=1S/C11H8BrClN2O2/c1-15-10(16)8(9(13)14-11(15)17)6-3-2-4-7(12)5-6/h2-5H,1H3,(H,14,17). The summed E-state index contributed by atoms with van der Waals surface area (Å²) in [7, 11) is 1.40. The number of nitrogens with zero attached hydrogens (tertiary/aromatic N) is 1. The van der Waals surface area contributed by atoms with Crippen LogP contribution in [0, 0.1) is 0 Å². The highest BCUT2D eigenvalue weighted by molar-refractivity contribution is 9.10. The Morgan fingerprint density at radius 1 is 1.35 bits per heavy atom. The zero-order valence-electron chi connectivity index (χ0n) is 8.83. The van der Waals surface area contributed by atoms with Gasteiger partial charge >= 0.3 is 5.69 Å². The highest BCUT2D eigenvalue weighted by Gasteiger charge is 2.12.